The predicted octanol–water partition coefficient (Wildman–Crippen LogP) is 0.991. The highest BCUT2D eigenvalue weighted by Crippen LogP contribution is 2.20. The van der Waals surface area contributed by atoms with Gasteiger partial charge in [0.1, 0.15) is 5.56 Å². The standard InChI is InChI=1S/C9H10N4O2/c1-2-13-5-10-4-7(13)8-6(9(14)15)3-11-12-8/h3-5H,2H2,1H3,(H,11,12)(H,14,15). The lowest BCUT2D eigenvalue weighted by molar-refractivity contribution is 0.0698. The first kappa shape index (κ1) is 9.45. The quantitative estimate of drug-likeness (QED) is 0.784. The molecule has 0 radical (unpaired) electrons. The number of carboxylic acids is 1. The number of H-pyrrole nitrogens is 1. The molecule has 0 bridgehead atoms. The number of nitrogens with zero attached hydrogens (tertiary/aromatic N) is 3. The Morgan fingerprint density at radius 3 is 3.07 bits per heavy atom. The molecule has 15 heavy (non-hydrogen) atoms. The van der Waals surface area contributed by atoms with E-state index in [1.165, 1.54) is 6.20 Å². The predicted molar refractivity (Wildman–Crippen MR) is 52.4 cm³/mol. The number of carboxylic acid groups (broad SMARTS) is 1. The van der Waals surface area contributed by atoms with Crippen molar-refractivity contribution in [1.82, 2.24) is 19.7 Å². The molecule has 0 atom stereocenters. The normalized spacial score (nSPS) is 10.5. The van der Waals surface area contributed by atoms with E-state index < -0.39 is 5.97 Å². The van der Waals surface area contributed by atoms with E-state index in [4.69, 9.17) is 5.11 Å². The van der Waals surface area contributed by atoms with Crippen molar-refractivity contribution in [3.8, 4) is 11.4 Å². The molecular formula is C9H10N4O2. The molecule has 0 aliphatic heterocycles. The highest BCUT2D eigenvalue weighted by molar-refractivity contribution is 5.93. The van der Waals surface area contributed by atoms with Gasteiger partial charge in [-0.3, -0.25) is 5.10 Å². The lowest BCUT2D eigenvalue weighted by atomic mass is 10.2. The number of carbonyl (C=O) groups is 1. The number of aromatic carboxylic acids is 1. The summed E-state index contributed by atoms with van der Waals surface area (Å²) >= 11 is 0. The van der Waals surface area contributed by atoms with Gasteiger partial charge in [0.2, 0.25) is 0 Å². The van der Waals surface area contributed by atoms with E-state index in [1.54, 1.807) is 12.5 Å². The summed E-state index contributed by atoms with van der Waals surface area (Å²) in [5.74, 6) is -0.998. The number of rotatable bonds is 3. The summed E-state index contributed by atoms with van der Waals surface area (Å²) < 4.78 is 1.85. The Labute approximate surface area is 85.6 Å². The minimum atomic E-state index is -0.998. The van der Waals surface area contributed by atoms with Crippen molar-refractivity contribution < 1.29 is 9.90 Å². The lowest BCUT2D eigenvalue weighted by Crippen LogP contribution is -2.01. The maximum absolute atomic E-state index is 10.9. The summed E-state index contributed by atoms with van der Waals surface area (Å²) in [5, 5.41) is 15.3. The third kappa shape index (κ3) is 1.50. The molecule has 0 amide bonds. The summed E-state index contributed by atoms with van der Waals surface area (Å²) in [6.45, 7) is 2.69. The summed E-state index contributed by atoms with van der Waals surface area (Å²) in [6.07, 6.45) is 4.57. The fraction of sp³-hybridized carbons (Fsp3) is 0.222. The molecule has 2 aromatic heterocycles. The van der Waals surface area contributed by atoms with Gasteiger partial charge >= 0.3 is 5.97 Å². The molecule has 0 unspecified atom stereocenters. The molecule has 0 aliphatic rings. The third-order valence-corrected chi connectivity index (χ3v) is 2.18. The third-order valence-electron chi connectivity index (χ3n) is 2.18. The van der Waals surface area contributed by atoms with E-state index in [1.807, 2.05) is 11.5 Å². The maximum atomic E-state index is 10.9. The Morgan fingerprint density at radius 2 is 2.40 bits per heavy atom. The van der Waals surface area contributed by atoms with Gasteiger partial charge in [-0.05, 0) is 6.92 Å². The van der Waals surface area contributed by atoms with Crippen LogP contribution in [0, 0.1) is 0 Å². The van der Waals surface area contributed by atoms with E-state index in [0.29, 0.717) is 5.69 Å². The van der Waals surface area contributed by atoms with E-state index >= 15 is 0 Å². The monoisotopic (exact) mass is 206 g/mol. The smallest absolute Gasteiger partial charge is 0.339 e. The second-order valence-corrected chi connectivity index (χ2v) is 3.03. The zero-order valence-electron chi connectivity index (χ0n) is 8.14. The van der Waals surface area contributed by atoms with Gasteiger partial charge in [-0.1, -0.05) is 0 Å². The van der Waals surface area contributed by atoms with E-state index in [9.17, 15) is 4.79 Å². The first-order valence-electron chi connectivity index (χ1n) is 4.51. The van der Waals surface area contributed by atoms with Crippen LogP contribution in [0.15, 0.2) is 18.7 Å². The van der Waals surface area contributed by atoms with Gasteiger partial charge in [0.15, 0.2) is 0 Å². The van der Waals surface area contributed by atoms with Gasteiger partial charge in [-0.25, -0.2) is 9.78 Å². The van der Waals surface area contributed by atoms with Gasteiger partial charge in [-0.15, -0.1) is 0 Å². The number of imidazole rings is 1. The lowest BCUT2D eigenvalue weighted by Gasteiger charge is -2.03. The zero-order valence-corrected chi connectivity index (χ0v) is 8.14. The summed E-state index contributed by atoms with van der Waals surface area (Å²) in [7, 11) is 0. The van der Waals surface area contributed by atoms with Crippen LogP contribution < -0.4 is 0 Å². The highest BCUT2D eigenvalue weighted by atomic mass is 16.4. The van der Waals surface area contributed by atoms with Crippen molar-refractivity contribution in [2.75, 3.05) is 0 Å². The van der Waals surface area contributed by atoms with Crippen molar-refractivity contribution in [3.63, 3.8) is 0 Å². The summed E-state index contributed by atoms with van der Waals surface area (Å²) in [5.41, 5.74) is 1.37. The molecule has 0 spiro atoms. The molecule has 0 saturated carbocycles. The van der Waals surface area contributed by atoms with Gasteiger partial charge in [-0.2, -0.15) is 5.10 Å². The molecule has 0 fully saturated rings. The fourth-order valence-corrected chi connectivity index (χ4v) is 1.42. The number of aryl methyl sites for hydroxylation is 1. The zero-order chi connectivity index (χ0) is 10.8. The Balaban J connectivity index is 2.54. The summed E-state index contributed by atoms with van der Waals surface area (Å²) in [4.78, 5) is 14.9. The number of aromatic amines is 1. The van der Waals surface area contributed by atoms with Crippen molar-refractivity contribution in [1.29, 1.82) is 0 Å². The van der Waals surface area contributed by atoms with Gasteiger partial charge < -0.3 is 9.67 Å². The van der Waals surface area contributed by atoms with Crippen LogP contribution in [-0.2, 0) is 6.54 Å². The SMILES string of the molecule is CCn1cncc1-c1[nH]ncc1C(=O)O. The van der Waals surface area contributed by atoms with Gasteiger partial charge in [0.25, 0.3) is 0 Å². The molecule has 78 valence electrons. The second kappa shape index (κ2) is 3.56. The van der Waals surface area contributed by atoms with Gasteiger partial charge in [0.05, 0.1) is 30.1 Å². The molecular weight excluding hydrogens is 196 g/mol. The van der Waals surface area contributed by atoms with Crippen molar-refractivity contribution in [2.24, 2.45) is 0 Å². The number of hydrogen-bond acceptors (Lipinski definition) is 3. The van der Waals surface area contributed by atoms with E-state index in [2.05, 4.69) is 15.2 Å². The van der Waals surface area contributed by atoms with Crippen LogP contribution in [0.4, 0.5) is 0 Å². The summed E-state index contributed by atoms with van der Waals surface area (Å²) in [6, 6.07) is 0. The van der Waals surface area contributed by atoms with Crippen molar-refractivity contribution >= 4 is 5.97 Å². The molecule has 0 aromatic carbocycles. The Kier molecular flexibility index (Phi) is 2.24. The molecule has 2 N–H and O–H groups in total. The average Bonchev–Trinajstić information content (AvgIpc) is 2.85. The fourth-order valence-electron chi connectivity index (χ4n) is 1.42. The maximum Gasteiger partial charge on any atom is 0.339 e. The molecule has 2 aromatic rings. The minimum Gasteiger partial charge on any atom is -0.478 e. The van der Waals surface area contributed by atoms with Gasteiger partial charge in [0, 0.05) is 6.54 Å². The molecule has 6 heteroatoms. The van der Waals surface area contributed by atoms with Crippen molar-refractivity contribution in [2.45, 2.75) is 13.5 Å². The number of nitrogens with one attached hydrogen (secondary N) is 1. The first-order chi connectivity index (χ1) is 7.24. The Morgan fingerprint density at radius 1 is 1.60 bits per heavy atom. The molecule has 6 nitrogen and oxygen atoms in total. The van der Waals surface area contributed by atoms with Crippen LogP contribution in [-0.4, -0.2) is 30.8 Å². The van der Waals surface area contributed by atoms with E-state index in [-0.39, 0.29) is 5.56 Å². The Bertz CT molecular complexity index is 486. The largest absolute Gasteiger partial charge is 0.478 e. The average molecular weight is 206 g/mol. The Hall–Kier alpha value is -2.11. The number of aromatic nitrogens is 4. The highest BCUT2D eigenvalue weighted by Gasteiger charge is 2.16. The minimum absolute atomic E-state index is 0.158. The number of hydrogen-bond donors (Lipinski definition) is 2. The molecule has 0 aliphatic carbocycles. The van der Waals surface area contributed by atoms with Crippen LogP contribution in [0.25, 0.3) is 11.4 Å². The van der Waals surface area contributed by atoms with Crippen LogP contribution >= 0.6 is 0 Å². The second-order valence-electron chi connectivity index (χ2n) is 3.03. The first-order valence-corrected chi connectivity index (χ1v) is 4.51. The van der Waals surface area contributed by atoms with Crippen LogP contribution in [0.1, 0.15) is 17.3 Å². The molecule has 0 saturated heterocycles. The van der Waals surface area contributed by atoms with Crippen LogP contribution in [0.3, 0.4) is 0 Å². The topological polar surface area (TPSA) is 83.8 Å². The van der Waals surface area contributed by atoms with Crippen LogP contribution in [0.2, 0.25) is 0 Å². The molecule has 2 rings (SSSR count). The van der Waals surface area contributed by atoms with Crippen LogP contribution in [0.5, 0.6) is 0 Å². The molecule has 2 heterocycles. The van der Waals surface area contributed by atoms with E-state index in [0.717, 1.165) is 12.2 Å². The van der Waals surface area contributed by atoms with Crippen molar-refractivity contribution in [3.05, 3.63) is 24.3 Å².